The number of hydrogen-bond acceptors (Lipinski definition) is 4. The van der Waals surface area contributed by atoms with Gasteiger partial charge in [-0.15, -0.1) is 0 Å². The van der Waals surface area contributed by atoms with Crippen LogP contribution in [0.4, 0.5) is 9.18 Å². The van der Waals surface area contributed by atoms with Gasteiger partial charge in [-0.2, -0.15) is 5.10 Å². The molecule has 196 valence electrons. The number of fused-ring (bicyclic) bond motifs is 1. The van der Waals surface area contributed by atoms with Gasteiger partial charge in [0.2, 0.25) is 0 Å². The van der Waals surface area contributed by atoms with E-state index in [0.717, 1.165) is 23.8 Å². The van der Waals surface area contributed by atoms with Gasteiger partial charge in [-0.05, 0) is 61.4 Å². The summed E-state index contributed by atoms with van der Waals surface area (Å²) in [7, 11) is 0. The van der Waals surface area contributed by atoms with Crippen molar-refractivity contribution in [3.05, 3.63) is 83.1 Å². The number of unbranched alkanes of at least 4 members (excludes halogenated alkanes) is 1. The van der Waals surface area contributed by atoms with Gasteiger partial charge in [-0.1, -0.05) is 43.1 Å². The second-order valence-electron chi connectivity index (χ2n) is 9.32. The summed E-state index contributed by atoms with van der Waals surface area (Å²) in [5, 5.41) is 9.20. The lowest BCUT2D eigenvalue weighted by Crippen LogP contribution is -2.38. The van der Waals surface area contributed by atoms with Gasteiger partial charge >= 0.3 is 6.09 Å². The summed E-state index contributed by atoms with van der Waals surface area (Å²) in [6, 6.07) is 18.6. The standard InChI is InChI=1S/C29H28ClFN4O3/c1-2-3-16-38-29(37)34-15-14-21(18-34)32-28(36)19-8-13-24-26(17-19)35(22-11-9-20(31)10-12-22)33-27(24)23-6-4-5-7-25(23)30/h4-13,17,21H,2-3,14-16,18H2,1H3,(H,32,36)/t21-/m0/s1. The summed E-state index contributed by atoms with van der Waals surface area (Å²) < 4.78 is 20.6. The minimum absolute atomic E-state index is 0.169. The van der Waals surface area contributed by atoms with Crippen LogP contribution in [0.3, 0.4) is 0 Å². The number of ether oxygens (including phenoxy) is 1. The summed E-state index contributed by atoms with van der Waals surface area (Å²) in [6.45, 7) is 3.38. The number of likely N-dealkylation sites (tertiary alicyclic amines) is 1. The normalized spacial score (nSPS) is 15.1. The quantitative estimate of drug-likeness (QED) is 0.285. The Balaban J connectivity index is 1.42. The molecule has 1 N–H and O–H groups in total. The largest absolute Gasteiger partial charge is 0.449 e. The van der Waals surface area contributed by atoms with Gasteiger partial charge in [-0.3, -0.25) is 4.79 Å². The first-order valence-corrected chi connectivity index (χ1v) is 13.1. The molecule has 1 aliphatic rings. The fraction of sp³-hybridized carbons (Fsp3) is 0.276. The zero-order valence-corrected chi connectivity index (χ0v) is 21.7. The Morgan fingerprint density at radius 2 is 1.92 bits per heavy atom. The Hall–Kier alpha value is -3.91. The highest BCUT2D eigenvalue weighted by Gasteiger charge is 2.29. The Labute approximate surface area is 225 Å². The molecule has 0 saturated carbocycles. The maximum Gasteiger partial charge on any atom is 0.409 e. The summed E-state index contributed by atoms with van der Waals surface area (Å²) in [4.78, 5) is 27.1. The molecular formula is C29H28ClFN4O3. The number of aromatic nitrogens is 2. The molecule has 38 heavy (non-hydrogen) atoms. The van der Waals surface area contributed by atoms with Gasteiger partial charge in [0.1, 0.15) is 11.5 Å². The Morgan fingerprint density at radius 1 is 1.13 bits per heavy atom. The highest BCUT2D eigenvalue weighted by atomic mass is 35.5. The van der Waals surface area contributed by atoms with Crippen LogP contribution in [0.25, 0.3) is 27.8 Å². The molecule has 7 nitrogen and oxygen atoms in total. The lowest BCUT2D eigenvalue weighted by Gasteiger charge is -2.17. The molecule has 0 aliphatic carbocycles. The van der Waals surface area contributed by atoms with Crippen LogP contribution in [0, 0.1) is 5.82 Å². The number of hydrogen-bond donors (Lipinski definition) is 1. The number of amides is 2. The van der Waals surface area contributed by atoms with E-state index < -0.39 is 0 Å². The van der Waals surface area contributed by atoms with Crippen LogP contribution >= 0.6 is 11.6 Å². The van der Waals surface area contributed by atoms with Crippen LogP contribution in [0.5, 0.6) is 0 Å². The molecule has 1 aliphatic heterocycles. The maximum absolute atomic E-state index is 13.6. The minimum atomic E-state index is -0.351. The molecule has 1 aromatic heterocycles. The molecule has 1 atom stereocenters. The lowest BCUT2D eigenvalue weighted by atomic mass is 10.1. The first-order chi connectivity index (χ1) is 18.4. The second-order valence-corrected chi connectivity index (χ2v) is 9.73. The van der Waals surface area contributed by atoms with Crippen molar-refractivity contribution in [3.8, 4) is 16.9 Å². The molecule has 4 aromatic rings. The molecule has 1 saturated heterocycles. The third-order valence-corrected chi connectivity index (χ3v) is 6.98. The van der Waals surface area contributed by atoms with Crippen LogP contribution in [0.2, 0.25) is 5.02 Å². The number of benzene rings is 3. The maximum atomic E-state index is 13.6. The molecule has 5 rings (SSSR count). The van der Waals surface area contributed by atoms with E-state index in [9.17, 15) is 14.0 Å². The highest BCUT2D eigenvalue weighted by Crippen LogP contribution is 2.34. The number of carbonyl (C=O) groups excluding carboxylic acids is 2. The number of rotatable bonds is 7. The number of nitrogens with zero attached hydrogens (tertiary/aromatic N) is 3. The van der Waals surface area contributed by atoms with Crippen molar-refractivity contribution in [1.82, 2.24) is 20.0 Å². The first kappa shape index (κ1) is 25.7. The molecule has 3 aromatic carbocycles. The predicted octanol–water partition coefficient (Wildman–Crippen LogP) is 6.23. The average Bonchev–Trinajstić information content (AvgIpc) is 3.54. The summed E-state index contributed by atoms with van der Waals surface area (Å²) in [6.07, 6.45) is 2.10. The van der Waals surface area contributed by atoms with Crippen LogP contribution < -0.4 is 5.32 Å². The van der Waals surface area contributed by atoms with E-state index in [2.05, 4.69) is 5.32 Å². The number of nitrogens with one attached hydrogen (secondary N) is 1. The molecule has 2 heterocycles. The van der Waals surface area contributed by atoms with Gasteiger partial charge in [0.05, 0.1) is 22.8 Å². The van der Waals surface area contributed by atoms with E-state index >= 15 is 0 Å². The summed E-state index contributed by atoms with van der Waals surface area (Å²) >= 11 is 6.48. The first-order valence-electron chi connectivity index (χ1n) is 12.7. The minimum Gasteiger partial charge on any atom is -0.449 e. The second kappa shape index (κ2) is 11.2. The van der Waals surface area contributed by atoms with Crippen molar-refractivity contribution in [2.24, 2.45) is 0 Å². The van der Waals surface area contributed by atoms with E-state index in [-0.39, 0.29) is 23.9 Å². The van der Waals surface area contributed by atoms with E-state index in [1.54, 1.807) is 39.9 Å². The number of halogens is 2. The van der Waals surface area contributed by atoms with E-state index in [0.29, 0.717) is 53.6 Å². The predicted molar refractivity (Wildman–Crippen MR) is 145 cm³/mol. The average molecular weight is 535 g/mol. The van der Waals surface area contributed by atoms with Crippen molar-refractivity contribution >= 4 is 34.5 Å². The number of carbonyl (C=O) groups is 2. The fourth-order valence-electron chi connectivity index (χ4n) is 4.60. The third kappa shape index (κ3) is 5.36. The van der Waals surface area contributed by atoms with E-state index in [4.69, 9.17) is 21.4 Å². The lowest BCUT2D eigenvalue weighted by molar-refractivity contribution is 0.0927. The molecule has 0 radical (unpaired) electrons. The smallest absolute Gasteiger partial charge is 0.409 e. The van der Waals surface area contributed by atoms with Gasteiger partial charge in [0.15, 0.2) is 0 Å². The van der Waals surface area contributed by atoms with E-state index in [1.165, 1.54) is 12.1 Å². The van der Waals surface area contributed by atoms with Crippen molar-refractivity contribution < 1.29 is 18.7 Å². The molecule has 0 spiro atoms. The van der Waals surface area contributed by atoms with Crippen molar-refractivity contribution in [2.45, 2.75) is 32.2 Å². The van der Waals surface area contributed by atoms with Gasteiger partial charge in [-0.25, -0.2) is 13.9 Å². The molecule has 1 fully saturated rings. The van der Waals surface area contributed by atoms with E-state index in [1.807, 2.05) is 31.2 Å². The third-order valence-electron chi connectivity index (χ3n) is 6.65. The SMILES string of the molecule is CCCCOC(=O)N1CC[C@H](NC(=O)c2ccc3c(-c4ccccc4Cl)nn(-c4ccc(F)cc4)c3c2)C1. The zero-order chi connectivity index (χ0) is 26.6. The highest BCUT2D eigenvalue weighted by molar-refractivity contribution is 6.33. The van der Waals surface area contributed by atoms with Gasteiger partial charge in [0, 0.05) is 35.6 Å². The zero-order valence-electron chi connectivity index (χ0n) is 21.0. The topological polar surface area (TPSA) is 76.5 Å². The Kier molecular flexibility index (Phi) is 7.60. The van der Waals surface area contributed by atoms with Crippen molar-refractivity contribution in [3.63, 3.8) is 0 Å². The van der Waals surface area contributed by atoms with Crippen LogP contribution in [0.15, 0.2) is 66.7 Å². The summed E-state index contributed by atoms with van der Waals surface area (Å²) in [5.74, 6) is -0.597. The van der Waals surface area contributed by atoms with Crippen molar-refractivity contribution in [1.29, 1.82) is 0 Å². The molecular weight excluding hydrogens is 507 g/mol. The van der Waals surface area contributed by atoms with Crippen LogP contribution in [0.1, 0.15) is 36.5 Å². The molecule has 0 bridgehead atoms. The Bertz CT molecular complexity index is 1470. The van der Waals surface area contributed by atoms with Gasteiger partial charge in [0.25, 0.3) is 5.91 Å². The monoisotopic (exact) mass is 534 g/mol. The van der Waals surface area contributed by atoms with Crippen LogP contribution in [-0.4, -0.2) is 52.4 Å². The molecule has 2 amide bonds. The fourth-order valence-corrected chi connectivity index (χ4v) is 4.82. The molecule has 9 heteroatoms. The van der Waals surface area contributed by atoms with Gasteiger partial charge < -0.3 is 15.0 Å². The van der Waals surface area contributed by atoms with Crippen LogP contribution in [-0.2, 0) is 4.74 Å². The summed E-state index contributed by atoms with van der Waals surface area (Å²) in [5.41, 5.74) is 3.21. The Morgan fingerprint density at radius 3 is 2.68 bits per heavy atom. The van der Waals surface area contributed by atoms with Crippen molar-refractivity contribution in [2.75, 3.05) is 19.7 Å². The molecule has 0 unspecified atom stereocenters.